The molecule has 0 fully saturated rings. The molecule has 1 heterocycles. The lowest BCUT2D eigenvalue weighted by Gasteiger charge is -2.12. The van der Waals surface area contributed by atoms with E-state index < -0.39 is 17.9 Å². The van der Waals surface area contributed by atoms with Crippen molar-refractivity contribution in [2.75, 3.05) is 19.5 Å². The highest BCUT2D eigenvalue weighted by Gasteiger charge is 2.38. The molecule has 3 rings (SSSR count). The molecule has 6 nitrogen and oxygen atoms in total. The van der Waals surface area contributed by atoms with E-state index in [0.29, 0.717) is 33.4 Å². The van der Waals surface area contributed by atoms with Crippen LogP contribution in [0.5, 0.6) is 0 Å². The molecular formula is C18H16BrNO5S. The summed E-state index contributed by atoms with van der Waals surface area (Å²) in [5, 5.41) is 3.17. The molecule has 0 unspecified atom stereocenters. The van der Waals surface area contributed by atoms with Gasteiger partial charge in [-0.05, 0) is 46.5 Å². The van der Waals surface area contributed by atoms with E-state index in [9.17, 15) is 14.4 Å². The summed E-state index contributed by atoms with van der Waals surface area (Å²) >= 11 is 4.64. The third-order valence-electron chi connectivity index (χ3n) is 4.25. The van der Waals surface area contributed by atoms with Crippen LogP contribution in [0.4, 0.5) is 5.00 Å². The largest absolute Gasteiger partial charge is 0.469 e. The second kappa shape index (κ2) is 7.59. The van der Waals surface area contributed by atoms with Crippen molar-refractivity contribution in [2.24, 2.45) is 0 Å². The van der Waals surface area contributed by atoms with Crippen LogP contribution in [-0.4, -0.2) is 32.1 Å². The number of nitrogens with one attached hydrogen (secondary N) is 1. The van der Waals surface area contributed by atoms with Gasteiger partial charge < -0.3 is 14.8 Å². The Hall–Kier alpha value is -2.19. The van der Waals surface area contributed by atoms with E-state index in [1.54, 1.807) is 24.3 Å². The monoisotopic (exact) mass is 437 g/mol. The van der Waals surface area contributed by atoms with Crippen molar-refractivity contribution in [1.29, 1.82) is 0 Å². The van der Waals surface area contributed by atoms with Crippen LogP contribution in [0, 0.1) is 0 Å². The molecule has 1 N–H and O–H groups in total. The van der Waals surface area contributed by atoms with E-state index in [1.807, 2.05) is 0 Å². The molecule has 8 heteroatoms. The molecule has 1 aliphatic carbocycles. The molecule has 26 heavy (non-hydrogen) atoms. The predicted octanol–water partition coefficient (Wildman–Crippen LogP) is 3.75. The van der Waals surface area contributed by atoms with Crippen LogP contribution in [0.25, 0.3) is 0 Å². The highest BCUT2D eigenvalue weighted by atomic mass is 79.9. The number of ether oxygens (including phenoxy) is 2. The maximum atomic E-state index is 12.6. The van der Waals surface area contributed by atoms with Crippen LogP contribution < -0.4 is 5.32 Å². The van der Waals surface area contributed by atoms with Gasteiger partial charge in [0.1, 0.15) is 5.00 Å². The molecule has 0 aliphatic heterocycles. The standard InChI is InChI=1S/C18H16BrNO5S/c1-24-17(22)10-7-8-12-13(10)14(18(23)25-2)16(26-12)20-15(21)9-5-3-4-6-11(9)19/h3-6,10H,7-8H2,1-2H3,(H,20,21)/t10-/m1/s1. The minimum atomic E-state index is -0.583. The van der Waals surface area contributed by atoms with Crippen molar-refractivity contribution in [3.63, 3.8) is 0 Å². The number of methoxy groups -OCH3 is 2. The number of amides is 1. The van der Waals surface area contributed by atoms with E-state index in [-0.39, 0.29) is 11.5 Å². The van der Waals surface area contributed by atoms with Crippen LogP contribution in [0.3, 0.4) is 0 Å². The van der Waals surface area contributed by atoms with E-state index in [1.165, 1.54) is 25.6 Å². The minimum absolute atomic E-state index is 0.237. The lowest BCUT2D eigenvalue weighted by Crippen LogP contribution is -2.18. The molecule has 0 radical (unpaired) electrons. The Morgan fingerprint density at radius 2 is 1.92 bits per heavy atom. The van der Waals surface area contributed by atoms with Crippen LogP contribution in [-0.2, 0) is 20.7 Å². The van der Waals surface area contributed by atoms with Gasteiger partial charge in [0.25, 0.3) is 5.91 Å². The van der Waals surface area contributed by atoms with Gasteiger partial charge in [0.15, 0.2) is 0 Å². The Balaban J connectivity index is 2.01. The molecule has 1 aromatic heterocycles. The lowest BCUT2D eigenvalue weighted by atomic mass is 9.99. The van der Waals surface area contributed by atoms with Crippen LogP contribution in [0.2, 0.25) is 0 Å². The molecular weight excluding hydrogens is 422 g/mol. The maximum Gasteiger partial charge on any atom is 0.341 e. The van der Waals surface area contributed by atoms with Crippen LogP contribution in [0.1, 0.15) is 43.5 Å². The minimum Gasteiger partial charge on any atom is -0.469 e. The van der Waals surface area contributed by atoms with E-state index in [0.717, 1.165) is 4.88 Å². The number of benzene rings is 1. The summed E-state index contributed by atoms with van der Waals surface area (Å²) in [6, 6.07) is 7.00. The summed E-state index contributed by atoms with van der Waals surface area (Å²) in [5.74, 6) is -1.84. The average molecular weight is 438 g/mol. The highest BCUT2D eigenvalue weighted by Crippen LogP contribution is 2.46. The Bertz CT molecular complexity index is 892. The first-order valence-electron chi connectivity index (χ1n) is 7.85. The zero-order valence-electron chi connectivity index (χ0n) is 14.1. The second-order valence-corrected chi connectivity index (χ2v) is 7.64. The van der Waals surface area contributed by atoms with Gasteiger partial charge in [-0.2, -0.15) is 0 Å². The van der Waals surface area contributed by atoms with E-state index in [2.05, 4.69) is 21.2 Å². The normalized spacial score (nSPS) is 15.3. The Labute approximate surface area is 162 Å². The number of carbonyl (C=O) groups is 3. The molecule has 1 amide bonds. The number of esters is 2. The molecule has 2 aromatic rings. The number of anilines is 1. The van der Waals surface area contributed by atoms with Gasteiger partial charge in [0.2, 0.25) is 0 Å². The topological polar surface area (TPSA) is 81.7 Å². The summed E-state index contributed by atoms with van der Waals surface area (Å²) in [6.07, 6.45) is 1.23. The van der Waals surface area contributed by atoms with Gasteiger partial charge in [-0.15, -0.1) is 11.3 Å². The van der Waals surface area contributed by atoms with Gasteiger partial charge in [-0.3, -0.25) is 9.59 Å². The third kappa shape index (κ3) is 3.26. The highest BCUT2D eigenvalue weighted by molar-refractivity contribution is 9.10. The second-order valence-electron chi connectivity index (χ2n) is 5.68. The van der Waals surface area contributed by atoms with Crippen molar-refractivity contribution in [3.8, 4) is 0 Å². The summed E-state index contributed by atoms with van der Waals surface area (Å²) in [4.78, 5) is 38.0. The number of thiophene rings is 1. The molecule has 0 saturated heterocycles. The van der Waals surface area contributed by atoms with Crippen molar-refractivity contribution < 1.29 is 23.9 Å². The molecule has 1 aromatic carbocycles. The summed E-state index contributed by atoms with van der Waals surface area (Å²) in [7, 11) is 2.59. The Morgan fingerprint density at radius 1 is 1.19 bits per heavy atom. The number of hydrogen-bond acceptors (Lipinski definition) is 6. The van der Waals surface area contributed by atoms with Crippen molar-refractivity contribution in [2.45, 2.75) is 18.8 Å². The maximum absolute atomic E-state index is 12.6. The predicted molar refractivity (Wildman–Crippen MR) is 101 cm³/mol. The smallest absolute Gasteiger partial charge is 0.341 e. The number of rotatable bonds is 4. The summed E-state index contributed by atoms with van der Waals surface area (Å²) in [5.41, 5.74) is 1.29. The van der Waals surface area contributed by atoms with Gasteiger partial charge in [-0.1, -0.05) is 12.1 Å². The Morgan fingerprint density at radius 3 is 2.58 bits per heavy atom. The van der Waals surface area contributed by atoms with Gasteiger partial charge in [0.05, 0.1) is 31.3 Å². The van der Waals surface area contributed by atoms with Gasteiger partial charge >= 0.3 is 11.9 Å². The lowest BCUT2D eigenvalue weighted by molar-refractivity contribution is -0.142. The molecule has 0 saturated carbocycles. The first-order chi connectivity index (χ1) is 12.5. The van der Waals surface area contributed by atoms with Crippen molar-refractivity contribution in [3.05, 3.63) is 50.3 Å². The molecule has 1 atom stereocenters. The third-order valence-corrected chi connectivity index (χ3v) is 6.12. The number of carbonyl (C=O) groups excluding carboxylic acids is 3. The van der Waals surface area contributed by atoms with Crippen LogP contribution >= 0.6 is 27.3 Å². The van der Waals surface area contributed by atoms with Crippen LogP contribution in [0.15, 0.2) is 28.7 Å². The zero-order valence-corrected chi connectivity index (χ0v) is 16.5. The molecule has 1 aliphatic rings. The van der Waals surface area contributed by atoms with E-state index in [4.69, 9.17) is 9.47 Å². The van der Waals surface area contributed by atoms with Gasteiger partial charge in [0, 0.05) is 9.35 Å². The quantitative estimate of drug-likeness (QED) is 0.736. The first kappa shape index (κ1) is 18.6. The van der Waals surface area contributed by atoms with Crippen molar-refractivity contribution >= 4 is 50.1 Å². The molecule has 0 bridgehead atoms. The number of halogens is 1. The molecule has 0 spiro atoms. The van der Waals surface area contributed by atoms with Crippen molar-refractivity contribution in [1.82, 2.24) is 0 Å². The number of aryl methyl sites for hydroxylation is 1. The molecule has 136 valence electrons. The SMILES string of the molecule is COC(=O)c1c(NC(=O)c2ccccc2Br)sc2c1[C@H](C(=O)OC)CC2. The van der Waals surface area contributed by atoms with E-state index >= 15 is 0 Å². The first-order valence-corrected chi connectivity index (χ1v) is 9.46. The summed E-state index contributed by atoms with van der Waals surface area (Å²) < 4.78 is 10.4. The van der Waals surface area contributed by atoms with Gasteiger partial charge in [-0.25, -0.2) is 4.79 Å². The number of hydrogen-bond donors (Lipinski definition) is 1. The fourth-order valence-electron chi connectivity index (χ4n) is 3.05. The average Bonchev–Trinajstić information content (AvgIpc) is 3.19. The number of fused-ring (bicyclic) bond motifs is 1. The summed E-state index contributed by atoms with van der Waals surface area (Å²) in [6.45, 7) is 0. The Kier molecular flexibility index (Phi) is 5.43. The fourth-order valence-corrected chi connectivity index (χ4v) is 4.78. The zero-order chi connectivity index (χ0) is 18.8. The fraction of sp³-hybridized carbons (Fsp3) is 0.278.